The molecule has 1 aliphatic heterocycles. The predicted molar refractivity (Wildman–Crippen MR) is 117 cm³/mol. The van der Waals surface area contributed by atoms with Crippen LogP contribution in [0.1, 0.15) is 75.6 Å². The fraction of sp³-hybridized carbons (Fsp3) is 0.625. The maximum atomic E-state index is 12.8. The van der Waals surface area contributed by atoms with E-state index in [2.05, 4.69) is 24.7 Å². The lowest BCUT2D eigenvalue weighted by atomic mass is 9.67. The van der Waals surface area contributed by atoms with Crippen molar-refractivity contribution in [2.24, 2.45) is 5.92 Å². The zero-order valence-electron chi connectivity index (χ0n) is 17.2. The maximum absolute atomic E-state index is 12.8. The number of terminal acetylenes is 1. The summed E-state index contributed by atoms with van der Waals surface area (Å²) in [5.41, 5.74) is -0.198. The summed E-state index contributed by atoms with van der Waals surface area (Å²) < 4.78 is 6.13. The van der Waals surface area contributed by atoms with Crippen molar-refractivity contribution >= 4 is 18.4 Å². The first-order chi connectivity index (χ1) is 13.1. The molecule has 154 valence electrons. The van der Waals surface area contributed by atoms with E-state index in [9.17, 15) is 4.79 Å². The average Bonchev–Trinajstić information content (AvgIpc) is 2.71. The molecule has 0 bridgehead atoms. The molecule has 3 rings (SSSR count). The summed E-state index contributed by atoms with van der Waals surface area (Å²) in [4.78, 5) is 15.5. The van der Waals surface area contributed by atoms with Gasteiger partial charge in [0.2, 0.25) is 0 Å². The van der Waals surface area contributed by atoms with E-state index in [1.165, 1.54) is 32.1 Å². The molecule has 0 spiro atoms. The third kappa shape index (κ3) is 4.73. The third-order valence-corrected chi connectivity index (χ3v) is 6.47. The van der Waals surface area contributed by atoms with Crippen molar-refractivity contribution in [3.63, 3.8) is 0 Å². The number of carbonyl (C=O) groups excluding carboxylic acids is 1. The number of carbonyl (C=O) groups is 1. The fourth-order valence-electron chi connectivity index (χ4n) is 5.13. The van der Waals surface area contributed by atoms with Crippen LogP contribution in [0.15, 0.2) is 30.3 Å². The Bertz CT molecular complexity index is 671. The van der Waals surface area contributed by atoms with Crippen molar-refractivity contribution in [3.05, 3.63) is 35.9 Å². The van der Waals surface area contributed by atoms with Gasteiger partial charge in [-0.05, 0) is 44.9 Å². The highest BCUT2D eigenvalue weighted by molar-refractivity contribution is 5.89. The summed E-state index contributed by atoms with van der Waals surface area (Å²) in [6, 6.07) is 9.99. The molecule has 2 aliphatic rings. The van der Waals surface area contributed by atoms with E-state index in [0.717, 1.165) is 25.8 Å². The van der Waals surface area contributed by atoms with Crippen LogP contribution in [0.25, 0.3) is 0 Å². The van der Waals surface area contributed by atoms with Gasteiger partial charge < -0.3 is 4.74 Å². The van der Waals surface area contributed by atoms with Crippen molar-refractivity contribution in [2.45, 2.75) is 82.9 Å². The van der Waals surface area contributed by atoms with Crippen LogP contribution in [-0.2, 0) is 4.74 Å². The number of nitrogens with zero attached hydrogens (tertiary/aromatic N) is 1. The van der Waals surface area contributed by atoms with E-state index in [1.54, 1.807) is 12.1 Å². The second-order valence-corrected chi connectivity index (χ2v) is 8.25. The number of ether oxygens (including phenoxy) is 1. The second-order valence-electron chi connectivity index (χ2n) is 8.25. The lowest BCUT2D eigenvalue weighted by Crippen LogP contribution is -2.63. The zero-order valence-corrected chi connectivity index (χ0v) is 18.0. The summed E-state index contributed by atoms with van der Waals surface area (Å²) in [6.07, 6.45) is 15.1. The molecule has 1 aromatic rings. The van der Waals surface area contributed by atoms with Gasteiger partial charge >= 0.3 is 5.97 Å². The Morgan fingerprint density at radius 1 is 1.25 bits per heavy atom. The van der Waals surface area contributed by atoms with Crippen LogP contribution in [0.5, 0.6) is 0 Å². The van der Waals surface area contributed by atoms with Gasteiger partial charge in [-0.1, -0.05) is 56.7 Å². The van der Waals surface area contributed by atoms with E-state index < -0.39 is 5.60 Å². The minimum Gasteiger partial charge on any atom is -0.442 e. The van der Waals surface area contributed by atoms with Crippen LogP contribution < -0.4 is 0 Å². The van der Waals surface area contributed by atoms with E-state index in [1.807, 2.05) is 18.2 Å². The highest BCUT2D eigenvalue weighted by Crippen LogP contribution is 2.46. The lowest BCUT2D eigenvalue weighted by Gasteiger charge is -2.54. The van der Waals surface area contributed by atoms with Crippen molar-refractivity contribution in [1.29, 1.82) is 0 Å². The topological polar surface area (TPSA) is 29.5 Å². The molecule has 1 saturated carbocycles. The Morgan fingerprint density at radius 2 is 1.96 bits per heavy atom. The molecule has 4 heteroatoms. The van der Waals surface area contributed by atoms with Gasteiger partial charge in [0.15, 0.2) is 5.60 Å². The van der Waals surface area contributed by atoms with Crippen molar-refractivity contribution in [3.8, 4) is 12.3 Å². The highest BCUT2D eigenvalue weighted by atomic mass is 35.5. The summed E-state index contributed by atoms with van der Waals surface area (Å²) in [5.74, 6) is 2.92. The molecule has 0 unspecified atom stereocenters. The highest BCUT2D eigenvalue weighted by Gasteiger charge is 2.53. The summed E-state index contributed by atoms with van der Waals surface area (Å²) >= 11 is 0. The fourth-order valence-corrected chi connectivity index (χ4v) is 5.13. The van der Waals surface area contributed by atoms with Crippen molar-refractivity contribution < 1.29 is 9.53 Å². The van der Waals surface area contributed by atoms with Crippen LogP contribution in [0.4, 0.5) is 0 Å². The molecule has 1 heterocycles. The van der Waals surface area contributed by atoms with Crippen molar-refractivity contribution in [2.75, 3.05) is 6.54 Å². The number of hydrogen-bond acceptors (Lipinski definition) is 3. The molecule has 0 aromatic heterocycles. The Kier molecular flexibility index (Phi) is 8.40. The number of esters is 1. The van der Waals surface area contributed by atoms with Gasteiger partial charge in [0.25, 0.3) is 0 Å². The SMILES string of the molecule is C#C[C@]1(OC(=O)c2ccccc2)C[C@@H](C)N(CCCCC)[C@H]2CCCC[C@@H]21.Cl. The first kappa shape index (κ1) is 22.8. The van der Waals surface area contributed by atoms with Gasteiger partial charge in [0, 0.05) is 24.4 Å². The summed E-state index contributed by atoms with van der Waals surface area (Å²) in [7, 11) is 0. The first-order valence-corrected chi connectivity index (χ1v) is 10.6. The van der Waals surface area contributed by atoms with Crippen LogP contribution in [-0.4, -0.2) is 35.1 Å². The van der Waals surface area contributed by atoms with Gasteiger partial charge in [-0.2, -0.15) is 0 Å². The quantitative estimate of drug-likeness (QED) is 0.358. The molecular formula is C24H34ClNO2. The molecule has 0 N–H and O–H groups in total. The number of fused-ring (bicyclic) bond motifs is 1. The Morgan fingerprint density at radius 3 is 2.64 bits per heavy atom. The third-order valence-electron chi connectivity index (χ3n) is 6.47. The number of unbranched alkanes of at least 4 members (excludes halogenated alkanes) is 2. The summed E-state index contributed by atoms with van der Waals surface area (Å²) in [6.45, 7) is 5.62. The van der Waals surface area contributed by atoms with Gasteiger partial charge in [0.05, 0.1) is 5.56 Å². The lowest BCUT2D eigenvalue weighted by molar-refractivity contribution is -0.109. The van der Waals surface area contributed by atoms with Crippen LogP contribution in [0, 0.1) is 18.3 Å². The normalized spacial score (nSPS) is 29.8. The second kappa shape index (κ2) is 10.3. The Hall–Kier alpha value is -1.50. The first-order valence-electron chi connectivity index (χ1n) is 10.6. The molecule has 2 fully saturated rings. The number of piperidine rings is 1. The number of rotatable bonds is 6. The van der Waals surface area contributed by atoms with Gasteiger partial charge in [-0.25, -0.2) is 4.79 Å². The predicted octanol–water partition coefficient (Wildman–Crippen LogP) is 5.48. The van der Waals surface area contributed by atoms with E-state index >= 15 is 0 Å². The largest absolute Gasteiger partial charge is 0.442 e. The van der Waals surface area contributed by atoms with Crippen molar-refractivity contribution in [1.82, 2.24) is 4.90 Å². The molecule has 0 radical (unpaired) electrons. The van der Waals surface area contributed by atoms with Gasteiger partial charge in [0.1, 0.15) is 0 Å². The smallest absolute Gasteiger partial charge is 0.339 e. The van der Waals surface area contributed by atoms with Gasteiger partial charge in [-0.15, -0.1) is 18.8 Å². The average molecular weight is 404 g/mol. The number of hydrogen-bond donors (Lipinski definition) is 0. The Labute approximate surface area is 176 Å². The van der Waals surface area contributed by atoms with Crippen LogP contribution in [0.2, 0.25) is 0 Å². The van der Waals surface area contributed by atoms with E-state index in [0.29, 0.717) is 17.6 Å². The monoisotopic (exact) mass is 403 g/mol. The number of benzene rings is 1. The van der Waals surface area contributed by atoms with E-state index in [4.69, 9.17) is 11.2 Å². The molecule has 4 atom stereocenters. The minimum absolute atomic E-state index is 0. The minimum atomic E-state index is -0.779. The molecule has 1 aromatic carbocycles. The number of halogens is 1. The summed E-state index contributed by atoms with van der Waals surface area (Å²) in [5, 5.41) is 0. The maximum Gasteiger partial charge on any atom is 0.339 e. The molecule has 3 nitrogen and oxygen atoms in total. The number of likely N-dealkylation sites (tertiary alicyclic amines) is 1. The Balaban J connectivity index is 0.00000280. The van der Waals surface area contributed by atoms with Crippen LogP contribution in [0.3, 0.4) is 0 Å². The molecule has 1 aliphatic carbocycles. The molecule has 1 saturated heterocycles. The van der Waals surface area contributed by atoms with Gasteiger partial charge in [-0.3, -0.25) is 4.90 Å². The standard InChI is InChI=1S/C24H33NO2.ClH/c1-4-6-12-17-25-19(3)18-24(5-2,21-15-10-11-16-22(21)25)27-23(26)20-13-8-7-9-14-20;/h2,7-9,13-14,19,21-22H,4,6,10-12,15-18H2,1,3H3;1H/t19-,21+,22+,24+;/m1./s1. The molecule has 0 amide bonds. The molecule has 28 heavy (non-hydrogen) atoms. The van der Waals surface area contributed by atoms with E-state index in [-0.39, 0.29) is 24.3 Å². The van der Waals surface area contributed by atoms with Crippen LogP contribution >= 0.6 is 12.4 Å². The molecular weight excluding hydrogens is 370 g/mol. The zero-order chi connectivity index (χ0) is 19.3.